The molecule has 0 bridgehead atoms. The topological polar surface area (TPSA) is 70.8 Å². The summed E-state index contributed by atoms with van der Waals surface area (Å²) in [6.07, 6.45) is 0. The number of carbonyl (C=O) groups excluding carboxylic acids is 1. The Morgan fingerprint density at radius 1 is 1.24 bits per heavy atom. The Labute approximate surface area is 123 Å². The molecule has 0 fully saturated rings. The van der Waals surface area contributed by atoms with Gasteiger partial charge in [-0.1, -0.05) is 11.6 Å². The average molecular weight is 289 g/mol. The lowest BCUT2D eigenvalue weighted by Crippen LogP contribution is -2.48. The molecule has 1 heterocycles. The van der Waals surface area contributed by atoms with Crippen LogP contribution < -0.4 is 0 Å². The molecule has 21 heavy (non-hydrogen) atoms. The van der Waals surface area contributed by atoms with Gasteiger partial charge in [0.1, 0.15) is 12.1 Å². The Balaban J connectivity index is 2.40. The number of hydrogen-bond donors (Lipinski definition) is 1. The van der Waals surface area contributed by atoms with Crippen molar-refractivity contribution in [2.24, 2.45) is 0 Å². The standard InChI is InChI=1S/C16H19NO4/c1-10-5-6-12-11(7-10)8-13(21-12)15(20)17(9-14(18)19)16(2,3)4/h5-8H,9H2,1-4H3,(H,18,19). The van der Waals surface area contributed by atoms with E-state index >= 15 is 0 Å². The van der Waals surface area contributed by atoms with Gasteiger partial charge in [-0.3, -0.25) is 9.59 Å². The predicted octanol–water partition coefficient (Wildman–Crippen LogP) is 3.07. The maximum absolute atomic E-state index is 12.6. The number of fused-ring (bicyclic) bond motifs is 1. The Kier molecular flexibility index (Phi) is 3.77. The quantitative estimate of drug-likeness (QED) is 0.942. The molecule has 1 aromatic heterocycles. The van der Waals surface area contributed by atoms with E-state index < -0.39 is 17.4 Å². The largest absolute Gasteiger partial charge is 0.480 e. The van der Waals surface area contributed by atoms with E-state index in [1.54, 1.807) is 32.9 Å². The van der Waals surface area contributed by atoms with E-state index in [0.717, 1.165) is 10.9 Å². The molecule has 0 aliphatic heterocycles. The summed E-state index contributed by atoms with van der Waals surface area (Å²) in [5.41, 5.74) is 1.08. The van der Waals surface area contributed by atoms with E-state index in [-0.39, 0.29) is 12.3 Å². The molecule has 0 aliphatic rings. The van der Waals surface area contributed by atoms with Crippen molar-refractivity contribution in [1.29, 1.82) is 0 Å². The number of aryl methyl sites for hydroxylation is 1. The van der Waals surface area contributed by atoms with Crippen LogP contribution in [0.3, 0.4) is 0 Å². The normalized spacial score (nSPS) is 11.6. The molecular formula is C16H19NO4. The average Bonchev–Trinajstić information content (AvgIpc) is 2.76. The van der Waals surface area contributed by atoms with E-state index in [9.17, 15) is 9.59 Å². The Morgan fingerprint density at radius 3 is 2.48 bits per heavy atom. The number of nitrogens with zero attached hydrogens (tertiary/aromatic N) is 1. The third-order valence-electron chi connectivity index (χ3n) is 3.23. The minimum Gasteiger partial charge on any atom is -0.480 e. The van der Waals surface area contributed by atoms with Crippen molar-refractivity contribution in [2.45, 2.75) is 33.2 Å². The summed E-state index contributed by atoms with van der Waals surface area (Å²) in [6.45, 7) is 6.97. The van der Waals surface area contributed by atoms with E-state index in [2.05, 4.69) is 0 Å². The molecule has 0 saturated carbocycles. The molecular weight excluding hydrogens is 270 g/mol. The second-order valence-corrected chi connectivity index (χ2v) is 6.11. The fourth-order valence-electron chi connectivity index (χ4n) is 2.15. The second-order valence-electron chi connectivity index (χ2n) is 6.11. The minimum absolute atomic E-state index is 0.159. The summed E-state index contributed by atoms with van der Waals surface area (Å²) in [5.74, 6) is -1.31. The summed E-state index contributed by atoms with van der Waals surface area (Å²) in [7, 11) is 0. The number of rotatable bonds is 3. The first-order chi connectivity index (χ1) is 9.68. The molecule has 1 amide bonds. The highest BCUT2D eigenvalue weighted by molar-refractivity contribution is 5.97. The van der Waals surface area contributed by atoms with Crippen LogP contribution in [0.5, 0.6) is 0 Å². The van der Waals surface area contributed by atoms with Crippen molar-refractivity contribution in [1.82, 2.24) is 4.90 Å². The van der Waals surface area contributed by atoms with Crippen LogP contribution in [0.1, 0.15) is 36.9 Å². The molecule has 2 rings (SSSR count). The first-order valence-electron chi connectivity index (χ1n) is 6.72. The third kappa shape index (κ3) is 3.24. The van der Waals surface area contributed by atoms with Crippen molar-refractivity contribution < 1.29 is 19.1 Å². The van der Waals surface area contributed by atoms with Gasteiger partial charge in [-0.15, -0.1) is 0 Å². The van der Waals surface area contributed by atoms with Gasteiger partial charge in [0.25, 0.3) is 5.91 Å². The zero-order chi connectivity index (χ0) is 15.8. The number of carbonyl (C=O) groups is 2. The summed E-state index contributed by atoms with van der Waals surface area (Å²) in [6, 6.07) is 7.29. The number of aliphatic carboxylic acids is 1. The van der Waals surface area contributed by atoms with Crippen LogP contribution in [0.2, 0.25) is 0 Å². The van der Waals surface area contributed by atoms with Gasteiger partial charge in [0.05, 0.1) is 0 Å². The fourth-order valence-corrected chi connectivity index (χ4v) is 2.15. The fraction of sp³-hybridized carbons (Fsp3) is 0.375. The van der Waals surface area contributed by atoms with Gasteiger partial charge >= 0.3 is 5.97 Å². The van der Waals surface area contributed by atoms with Gasteiger partial charge in [0.15, 0.2) is 5.76 Å². The number of amides is 1. The SMILES string of the molecule is Cc1ccc2oc(C(=O)N(CC(=O)O)C(C)(C)C)cc2c1. The van der Waals surface area contributed by atoms with Crippen molar-refractivity contribution in [3.63, 3.8) is 0 Å². The zero-order valence-corrected chi connectivity index (χ0v) is 12.6. The van der Waals surface area contributed by atoms with Crippen LogP contribution in [0.15, 0.2) is 28.7 Å². The maximum atomic E-state index is 12.6. The highest BCUT2D eigenvalue weighted by Gasteiger charge is 2.31. The van der Waals surface area contributed by atoms with E-state index in [1.165, 1.54) is 4.90 Å². The van der Waals surface area contributed by atoms with Crippen molar-refractivity contribution >= 4 is 22.8 Å². The molecule has 0 radical (unpaired) electrons. The number of benzene rings is 1. The Bertz CT molecular complexity index is 694. The maximum Gasteiger partial charge on any atom is 0.323 e. The minimum atomic E-state index is -1.05. The number of carboxylic acids is 1. The van der Waals surface area contributed by atoms with E-state index in [4.69, 9.17) is 9.52 Å². The van der Waals surface area contributed by atoms with Crippen molar-refractivity contribution in [3.8, 4) is 0 Å². The summed E-state index contributed by atoms with van der Waals surface area (Å²) >= 11 is 0. The molecule has 0 saturated heterocycles. The number of carboxylic acid groups (broad SMARTS) is 1. The van der Waals surface area contributed by atoms with Gasteiger partial charge in [-0.05, 0) is 45.9 Å². The first kappa shape index (κ1) is 15.1. The molecule has 112 valence electrons. The van der Waals surface area contributed by atoms with Gasteiger partial charge in [0.2, 0.25) is 0 Å². The van der Waals surface area contributed by atoms with Crippen LogP contribution in [-0.4, -0.2) is 34.0 Å². The Morgan fingerprint density at radius 2 is 1.90 bits per heavy atom. The van der Waals surface area contributed by atoms with Gasteiger partial charge < -0.3 is 14.4 Å². The zero-order valence-electron chi connectivity index (χ0n) is 12.6. The van der Waals surface area contributed by atoms with Gasteiger partial charge in [-0.25, -0.2) is 0 Å². The monoisotopic (exact) mass is 289 g/mol. The van der Waals surface area contributed by atoms with Gasteiger partial charge in [-0.2, -0.15) is 0 Å². The number of furan rings is 1. The molecule has 1 aromatic carbocycles. The summed E-state index contributed by atoms with van der Waals surface area (Å²) in [5, 5.41) is 9.83. The van der Waals surface area contributed by atoms with Crippen LogP contribution in [0, 0.1) is 6.92 Å². The molecule has 0 unspecified atom stereocenters. The molecule has 1 N–H and O–H groups in total. The summed E-state index contributed by atoms with van der Waals surface area (Å²) < 4.78 is 5.56. The summed E-state index contributed by atoms with van der Waals surface area (Å²) in [4.78, 5) is 24.8. The van der Waals surface area contributed by atoms with Crippen LogP contribution in [0.4, 0.5) is 0 Å². The molecule has 0 spiro atoms. The van der Waals surface area contributed by atoms with Crippen LogP contribution >= 0.6 is 0 Å². The Hall–Kier alpha value is -2.30. The van der Waals surface area contributed by atoms with Crippen LogP contribution in [-0.2, 0) is 4.79 Å². The smallest absolute Gasteiger partial charge is 0.323 e. The molecule has 5 heteroatoms. The highest BCUT2D eigenvalue weighted by atomic mass is 16.4. The first-order valence-corrected chi connectivity index (χ1v) is 6.72. The second kappa shape index (κ2) is 5.24. The highest BCUT2D eigenvalue weighted by Crippen LogP contribution is 2.24. The molecule has 2 aromatic rings. The van der Waals surface area contributed by atoms with Crippen molar-refractivity contribution in [2.75, 3.05) is 6.54 Å². The lowest BCUT2D eigenvalue weighted by molar-refractivity contribution is -0.138. The molecule has 0 atom stereocenters. The lowest BCUT2D eigenvalue weighted by atomic mass is 10.1. The molecule has 0 aliphatic carbocycles. The van der Waals surface area contributed by atoms with Crippen LogP contribution in [0.25, 0.3) is 11.0 Å². The lowest BCUT2D eigenvalue weighted by Gasteiger charge is -2.33. The van der Waals surface area contributed by atoms with Gasteiger partial charge in [0, 0.05) is 10.9 Å². The van der Waals surface area contributed by atoms with E-state index in [1.807, 2.05) is 19.1 Å². The predicted molar refractivity (Wildman–Crippen MR) is 79.4 cm³/mol. The van der Waals surface area contributed by atoms with E-state index in [0.29, 0.717) is 5.58 Å². The third-order valence-corrected chi connectivity index (χ3v) is 3.23. The molecule has 5 nitrogen and oxygen atoms in total. The van der Waals surface area contributed by atoms with Crippen molar-refractivity contribution in [3.05, 3.63) is 35.6 Å². The number of hydrogen-bond acceptors (Lipinski definition) is 3.